The molecule has 0 radical (unpaired) electrons. The summed E-state index contributed by atoms with van der Waals surface area (Å²) in [5.41, 5.74) is 5.38. The molecule has 26 heavy (non-hydrogen) atoms. The first-order valence-corrected chi connectivity index (χ1v) is 10.1. The van der Waals surface area contributed by atoms with E-state index in [9.17, 15) is 12.8 Å². The van der Waals surface area contributed by atoms with Crippen LogP contribution < -0.4 is 5.73 Å². The second kappa shape index (κ2) is 6.88. The molecule has 8 heteroatoms. The van der Waals surface area contributed by atoms with Gasteiger partial charge < -0.3 is 10.5 Å². The highest BCUT2D eigenvalue weighted by Gasteiger charge is 2.73. The molecule has 0 spiro atoms. The lowest BCUT2D eigenvalue weighted by atomic mass is 10.00. The lowest BCUT2D eigenvalue weighted by molar-refractivity contribution is 0.166. The topological polar surface area (TPSA) is 69.4 Å². The van der Waals surface area contributed by atoms with Gasteiger partial charge >= 0.3 is 0 Å². The molecule has 0 bridgehead atoms. The van der Waals surface area contributed by atoms with Crippen LogP contribution in [0.5, 0.6) is 0 Å². The van der Waals surface area contributed by atoms with Crippen LogP contribution in [-0.4, -0.2) is 32.4 Å². The fourth-order valence-electron chi connectivity index (χ4n) is 3.58. The van der Waals surface area contributed by atoms with E-state index in [0.717, 1.165) is 0 Å². The molecule has 2 N–H and O–H groups in total. The first kappa shape index (κ1) is 19.2. The highest BCUT2D eigenvalue weighted by atomic mass is 35.5. The molecule has 0 amide bonds. The van der Waals surface area contributed by atoms with Gasteiger partial charge in [0.2, 0.25) is 0 Å². The van der Waals surface area contributed by atoms with Gasteiger partial charge in [-0.15, -0.1) is 0 Å². The number of methoxy groups -OCH3 is 1. The minimum Gasteiger partial charge on any atom is -0.393 e. The molecular weight excluding hydrogens is 397 g/mol. The zero-order valence-electron chi connectivity index (χ0n) is 13.9. The van der Waals surface area contributed by atoms with Crippen LogP contribution in [0.1, 0.15) is 11.5 Å². The summed E-state index contributed by atoms with van der Waals surface area (Å²) in [7, 11) is -2.34. The Kier molecular flexibility index (Phi) is 5.09. The van der Waals surface area contributed by atoms with Crippen LogP contribution in [-0.2, 0) is 14.6 Å². The smallest absolute Gasteiger partial charge is 0.182 e. The lowest BCUT2D eigenvalue weighted by Gasteiger charge is -2.16. The van der Waals surface area contributed by atoms with E-state index >= 15 is 0 Å². The van der Waals surface area contributed by atoms with Crippen LogP contribution in [0.25, 0.3) is 0 Å². The molecule has 0 heterocycles. The number of halogens is 2. The third kappa shape index (κ3) is 3.03. The molecule has 1 aliphatic carbocycles. The molecule has 0 aliphatic heterocycles. The van der Waals surface area contributed by atoms with Gasteiger partial charge in [0.15, 0.2) is 9.84 Å². The van der Waals surface area contributed by atoms with E-state index in [2.05, 4.69) is 0 Å². The highest BCUT2D eigenvalue weighted by molar-refractivity contribution is 7.92. The third-order valence-corrected chi connectivity index (χ3v) is 7.71. The average molecular weight is 414 g/mol. The molecule has 1 saturated carbocycles. The van der Waals surface area contributed by atoms with E-state index in [1.54, 1.807) is 6.07 Å². The van der Waals surface area contributed by atoms with Crippen molar-refractivity contribution in [2.45, 2.75) is 16.1 Å². The van der Waals surface area contributed by atoms with Crippen molar-refractivity contribution in [2.24, 2.45) is 11.1 Å². The van der Waals surface area contributed by atoms with Crippen molar-refractivity contribution in [3.8, 4) is 0 Å². The summed E-state index contributed by atoms with van der Waals surface area (Å²) in [6, 6.07) is 11.7. The monoisotopic (exact) mass is 413 g/mol. The number of hydrogen-bond donors (Lipinski definition) is 1. The minimum absolute atomic E-state index is 0.0288. The zero-order valence-corrected chi connectivity index (χ0v) is 16.2. The van der Waals surface area contributed by atoms with Crippen molar-refractivity contribution in [2.75, 3.05) is 13.7 Å². The predicted octanol–water partition coefficient (Wildman–Crippen LogP) is 3.34. The summed E-state index contributed by atoms with van der Waals surface area (Å²) < 4.78 is 45.5. The zero-order chi connectivity index (χ0) is 19.1. The van der Waals surface area contributed by atoms with Gasteiger partial charge in [0.1, 0.15) is 5.82 Å². The van der Waals surface area contributed by atoms with Gasteiger partial charge in [-0.3, -0.25) is 0 Å². The Morgan fingerprint density at radius 3 is 2.50 bits per heavy atom. The lowest BCUT2D eigenvalue weighted by Crippen LogP contribution is -2.33. The number of benzene rings is 2. The van der Waals surface area contributed by atoms with Gasteiger partial charge in [-0.05, 0) is 42.0 Å². The number of ether oxygens (including phenoxy) is 1. The predicted molar refractivity (Wildman–Crippen MR) is 103 cm³/mol. The molecule has 0 aromatic heterocycles. The fraction of sp³-hybridized carbons (Fsp3) is 0.278. The van der Waals surface area contributed by atoms with Crippen LogP contribution in [0, 0.1) is 11.2 Å². The molecule has 1 fully saturated rings. The second-order valence-corrected chi connectivity index (χ2v) is 9.24. The first-order valence-electron chi connectivity index (χ1n) is 7.79. The maximum atomic E-state index is 13.7. The Morgan fingerprint density at radius 1 is 1.31 bits per heavy atom. The standard InChI is InChI=1S/C18H17ClFNO3S2/c1-24-10-18(17(21)25)15(11-3-2-4-13(20)9-11)16(18)26(22,23)14-7-5-12(19)6-8-14/h2-9,15-16H,10H2,1H3,(H2,21,25)/t15-,16-,18+/m0/s1. The molecule has 0 saturated heterocycles. The summed E-state index contributed by atoms with van der Waals surface area (Å²) in [5, 5.41) is -0.505. The van der Waals surface area contributed by atoms with Crippen LogP contribution in [0.3, 0.4) is 0 Å². The van der Waals surface area contributed by atoms with Crippen molar-refractivity contribution < 1.29 is 17.5 Å². The normalized spacial score (nSPS) is 25.0. The SMILES string of the molecule is COC[C@@]1(C(N)=S)[C@@H](c2cccc(F)c2)[C@@H]1S(=O)(=O)c1ccc(Cl)cc1. The van der Waals surface area contributed by atoms with Crippen LogP contribution in [0.15, 0.2) is 53.4 Å². The number of sulfone groups is 1. The van der Waals surface area contributed by atoms with E-state index in [1.165, 1.54) is 49.6 Å². The molecule has 2 aromatic rings. The molecule has 0 unspecified atom stereocenters. The van der Waals surface area contributed by atoms with Gasteiger partial charge in [-0.2, -0.15) is 0 Å². The minimum atomic E-state index is -3.80. The van der Waals surface area contributed by atoms with Crippen molar-refractivity contribution in [3.63, 3.8) is 0 Å². The first-order chi connectivity index (χ1) is 12.2. The highest BCUT2D eigenvalue weighted by Crippen LogP contribution is 2.64. The number of hydrogen-bond acceptors (Lipinski definition) is 4. The molecule has 3 atom stereocenters. The van der Waals surface area contributed by atoms with Crippen molar-refractivity contribution >= 4 is 38.6 Å². The van der Waals surface area contributed by atoms with E-state index in [-0.39, 0.29) is 16.5 Å². The van der Waals surface area contributed by atoms with E-state index in [1.807, 2.05) is 0 Å². The Hall–Kier alpha value is -1.54. The Bertz CT molecular complexity index is 949. The van der Waals surface area contributed by atoms with Gasteiger partial charge in [0, 0.05) is 18.1 Å². The van der Waals surface area contributed by atoms with Crippen LogP contribution >= 0.6 is 23.8 Å². The second-order valence-electron chi connectivity index (χ2n) is 6.29. The van der Waals surface area contributed by atoms with Crippen LogP contribution in [0.4, 0.5) is 4.39 Å². The molecule has 3 rings (SSSR count). The van der Waals surface area contributed by atoms with E-state index < -0.39 is 32.2 Å². The van der Waals surface area contributed by atoms with Crippen molar-refractivity contribution in [1.82, 2.24) is 0 Å². The summed E-state index contributed by atoms with van der Waals surface area (Å²) in [5.74, 6) is -1.04. The van der Waals surface area contributed by atoms with E-state index in [4.69, 9.17) is 34.3 Å². The Balaban J connectivity index is 2.13. The largest absolute Gasteiger partial charge is 0.393 e. The maximum Gasteiger partial charge on any atom is 0.182 e. The fourth-order valence-corrected chi connectivity index (χ4v) is 6.48. The van der Waals surface area contributed by atoms with Gasteiger partial charge in [0.25, 0.3) is 0 Å². The van der Waals surface area contributed by atoms with E-state index in [0.29, 0.717) is 10.6 Å². The molecule has 1 aliphatic rings. The van der Waals surface area contributed by atoms with Crippen LogP contribution in [0.2, 0.25) is 5.02 Å². The van der Waals surface area contributed by atoms with Gasteiger partial charge in [-0.1, -0.05) is 36.0 Å². The molecule has 4 nitrogen and oxygen atoms in total. The maximum absolute atomic E-state index is 13.7. The number of rotatable bonds is 6. The summed E-state index contributed by atoms with van der Waals surface area (Å²) >= 11 is 11.1. The number of nitrogens with two attached hydrogens (primary N) is 1. The summed E-state index contributed by atoms with van der Waals surface area (Å²) in [4.78, 5) is 0.152. The molecular formula is C18H17ClFNO3S2. The van der Waals surface area contributed by atoms with Crippen molar-refractivity contribution in [3.05, 3.63) is 64.9 Å². The quantitative estimate of drug-likeness (QED) is 0.735. The summed E-state index contributed by atoms with van der Waals surface area (Å²) in [6.07, 6.45) is 0. The Morgan fingerprint density at radius 2 is 1.96 bits per heavy atom. The van der Waals surface area contributed by atoms with Gasteiger partial charge in [-0.25, -0.2) is 12.8 Å². The molecule has 138 valence electrons. The third-order valence-electron chi connectivity index (χ3n) is 4.78. The molecule has 2 aromatic carbocycles. The summed E-state index contributed by atoms with van der Waals surface area (Å²) in [6.45, 7) is 0.0288. The Labute approximate surface area is 162 Å². The average Bonchev–Trinajstić information content (AvgIpc) is 3.27. The van der Waals surface area contributed by atoms with Gasteiger partial charge in [0.05, 0.1) is 27.2 Å². The van der Waals surface area contributed by atoms with Crippen molar-refractivity contribution in [1.29, 1.82) is 0 Å². The number of thiocarbonyl (C=S) groups is 1.